The largest absolute Gasteiger partial charge is 0.0845 e. The molecule has 16 heavy (non-hydrogen) atoms. The minimum absolute atomic E-state index is 1.18. The summed E-state index contributed by atoms with van der Waals surface area (Å²) in [6, 6.07) is 0. The molecule has 0 N–H and O–H groups in total. The average Bonchev–Trinajstić information content (AvgIpc) is 2.29. The van der Waals surface area contributed by atoms with Crippen LogP contribution in [0.3, 0.4) is 0 Å². The first-order valence-corrected chi connectivity index (χ1v) is 5.98. The van der Waals surface area contributed by atoms with Crippen LogP contribution in [0.15, 0.2) is 72.9 Å². The van der Waals surface area contributed by atoms with Crippen molar-refractivity contribution in [2.45, 2.75) is 25.7 Å². The van der Waals surface area contributed by atoms with Crippen molar-refractivity contribution < 1.29 is 0 Å². The normalized spacial score (nSPS) is 18.0. The Morgan fingerprint density at radius 1 is 0.375 bits per heavy atom. The molecule has 0 spiro atoms. The fourth-order valence-electron chi connectivity index (χ4n) is 1.39. The predicted molar refractivity (Wildman–Crippen MR) is 73.3 cm³/mol. The average molecular weight is 212 g/mol. The minimum atomic E-state index is 1.18. The second-order valence-electron chi connectivity index (χ2n) is 3.68. The van der Waals surface area contributed by atoms with E-state index in [4.69, 9.17) is 0 Å². The number of hydrogen-bond donors (Lipinski definition) is 0. The van der Waals surface area contributed by atoms with Crippen LogP contribution in [0.25, 0.3) is 0 Å². The first-order valence-electron chi connectivity index (χ1n) is 5.98. The van der Waals surface area contributed by atoms with E-state index in [2.05, 4.69) is 48.6 Å². The summed E-state index contributed by atoms with van der Waals surface area (Å²) < 4.78 is 0. The van der Waals surface area contributed by atoms with Crippen LogP contribution in [0.1, 0.15) is 25.7 Å². The SMILES string of the molecule is C1=CC=CC=CCCCCC=CC=CC=C1. The van der Waals surface area contributed by atoms with Crippen LogP contribution >= 0.6 is 0 Å². The summed E-state index contributed by atoms with van der Waals surface area (Å²) in [7, 11) is 0. The first kappa shape index (κ1) is 12.5. The fraction of sp³-hybridized carbons (Fsp3) is 0.250. The molecule has 0 saturated heterocycles. The molecule has 1 aliphatic rings. The molecule has 0 bridgehead atoms. The summed E-state index contributed by atoms with van der Waals surface area (Å²) in [6.45, 7) is 0. The van der Waals surface area contributed by atoms with Crippen molar-refractivity contribution >= 4 is 0 Å². The highest BCUT2D eigenvalue weighted by Gasteiger charge is 1.82. The standard InChI is InChI=1S/C16H20/c1-2-4-6-8-10-12-14-16-15-13-11-9-7-5-3-1/h1-12H,13-16H2. The van der Waals surface area contributed by atoms with Gasteiger partial charge in [-0.3, -0.25) is 0 Å². The van der Waals surface area contributed by atoms with Crippen molar-refractivity contribution in [3.63, 3.8) is 0 Å². The van der Waals surface area contributed by atoms with Crippen LogP contribution in [-0.4, -0.2) is 0 Å². The van der Waals surface area contributed by atoms with E-state index in [1.54, 1.807) is 0 Å². The van der Waals surface area contributed by atoms with E-state index in [1.807, 2.05) is 24.3 Å². The van der Waals surface area contributed by atoms with Crippen LogP contribution in [0, 0.1) is 0 Å². The molecule has 0 aromatic carbocycles. The smallest absolute Gasteiger partial charge is 0.0347 e. The lowest BCUT2D eigenvalue weighted by molar-refractivity contribution is 0.762. The van der Waals surface area contributed by atoms with E-state index in [-0.39, 0.29) is 0 Å². The molecular weight excluding hydrogens is 192 g/mol. The van der Waals surface area contributed by atoms with E-state index >= 15 is 0 Å². The van der Waals surface area contributed by atoms with E-state index < -0.39 is 0 Å². The Hall–Kier alpha value is -1.56. The van der Waals surface area contributed by atoms with Gasteiger partial charge in [-0.15, -0.1) is 0 Å². The minimum Gasteiger partial charge on any atom is -0.0845 e. The predicted octanol–water partition coefficient (Wildman–Crippen LogP) is 4.90. The van der Waals surface area contributed by atoms with Gasteiger partial charge in [-0.1, -0.05) is 72.9 Å². The molecular formula is C16H20. The third-order valence-corrected chi connectivity index (χ3v) is 2.26. The monoisotopic (exact) mass is 212 g/mol. The zero-order valence-electron chi connectivity index (χ0n) is 9.76. The molecule has 0 radical (unpaired) electrons. The Balaban J connectivity index is 2.48. The summed E-state index contributed by atoms with van der Waals surface area (Å²) in [4.78, 5) is 0. The molecule has 0 heteroatoms. The van der Waals surface area contributed by atoms with Gasteiger partial charge in [0.25, 0.3) is 0 Å². The molecule has 0 amide bonds. The van der Waals surface area contributed by atoms with Crippen LogP contribution in [0.5, 0.6) is 0 Å². The molecule has 0 aromatic rings. The van der Waals surface area contributed by atoms with Crippen LogP contribution in [0.4, 0.5) is 0 Å². The highest BCUT2D eigenvalue weighted by molar-refractivity contribution is 5.19. The third kappa shape index (κ3) is 7.81. The van der Waals surface area contributed by atoms with Gasteiger partial charge in [-0.2, -0.15) is 0 Å². The topological polar surface area (TPSA) is 0 Å². The zero-order chi connectivity index (χ0) is 11.3. The van der Waals surface area contributed by atoms with E-state index in [0.717, 1.165) is 0 Å². The molecule has 0 aliphatic heterocycles. The molecule has 84 valence electrons. The number of rotatable bonds is 0. The third-order valence-electron chi connectivity index (χ3n) is 2.26. The number of hydrogen-bond acceptors (Lipinski definition) is 0. The van der Waals surface area contributed by atoms with Gasteiger partial charge in [0.1, 0.15) is 0 Å². The lowest BCUT2D eigenvalue weighted by Gasteiger charge is -1.91. The fourth-order valence-corrected chi connectivity index (χ4v) is 1.39. The van der Waals surface area contributed by atoms with Crippen molar-refractivity contribution in [3.8, 4) is 0 Å². The van der Waals surface area contributed by atoms with Gasteiger partial charge >= 0.3 is 0 Å². The molecule has 0 atom stereocenters. The molecule has 1 rings (SSSR count). The maximum absolute atomic E-state index is 2.23. The van der Waals surface area contributed by atoms with Crippen molar-refractivity contribution in [1.82, 2.24) is 0 Å². The van der Waals surface area contributed by atoms with Gasteiger partial charge in [-0.05, 0) is 25.7 Å². The van der Waals surface area contributed by atoms with E-state index in [1.165, 1.54) is 25.7 Å². The number of allylic oxidation sites excluding steroid dienone is 12. The molecule has 0 unspecified atom stereocenters. The summed E-state index contributed by atoms with van der Waals surface area (Å²) in [5.41, 5.74) is 0. The Morgan fingerprint density at radius 3 is 1.06 bits per heavy atom. The molecule has 0 heterocycles. The van der Waals surface area contributed by atoms with Gasteiger partial charge in [-0.25, -0.2) is 0 Å². The second kappa shape index (κ2) is 9.97. The Morgan fingerprint density at radius 2 is 0.688 bits per heavy atom. The van der Waals surface area contributed by atoms with E-state index in [0.29, 0.717) is 0 Å². The Labute approximate surface area is 99.1 Å². The summed E-state index contributed by atoms with van der Waals surface area (Å²) in [5, 5.41) is 0. The van der Waals surface area contributed by atoms with Crippen LogP contribution < -0.4 is 0 Å². The molecule has 0 saturated carbocycles. The van der Waals surface area contributed by atoms with E-state index in [9.17, 15) is 0 Å². The molecule has 1 aliphatic carbocycles. The van der Waals surface area contributed by atoms with Crippen molar-refractivity contribution in [3.05, 3.63) is 72.9 Å². The van der Waals surface area contributed by atoms with Crippen LogP contribution in [-0.2, 0) is 0 Å². The van der Waals surface area contributed by atoms with Crippen molar-refractivity contribution in [2.75, 3.05) is 0 Å². The maximum atomic E-state index is 2.23. The van der Waals surface area contributed by atoms with Crippen LogP contribution in [0.2, 0.25) is 0 Å². The lowest BCUT2D eigenvalue weighted by atomic mass is 10.2. The van der Waals surface area contributed by atoms with Gasteiger partial charge in [0, 0.05) is 0 Å². The summed E-state index contributed by atoms with van der Waals surface area (Å²) in [5.74, 6) is 0. The first-order chi connectivity index (χ1) is 8.00. The van der Waals surface area contributed by atoms with Gasteiger partial charge < -0.3 is 0 Å². The van der Waals surface area contributed by atoms with Crippen molar-refractivity contribution in [2.24, 2.45) is 0 Å². The Kier molecular flexibility index (Phi) is 7.80. The highest BCUT2D eigenvalue weighted by Crippen LogP contribution is 2.02. The van der Waals surface area contributed by atoms with Crippen molar-refractivity contribution in [1.29, 1.82) is 0 Å². The van der Waals surface area contributed by atoms with Gasteiger partial charge in [0.15, 0.2) is 0 Å². The lowest BCUT2D eigenvalue weighted by Crippen LogP contribution is -1.71. The molecule has 0 fully saturated rings. The Bertz CT molecular complexity index is 288. The quantitative estimate of drug-likeness (QED) is 0.536. The molecule has 0 aromatic heterocycles. The van der Waals surface area contributed by atoms with Gasteiger partial charge in [0.05, 0.1) is 0 Å². The summed E-state index contributed by atoms with van der Waals surface area (Å²) in [6.07, 6.45) is 30.0. The maximum Gasteiger partial charge on any atom is -0.0347 e. The van der Waals surface area contributed by atoms with Gasteiger partial charge in [0.2, 0.25) is 0 Å². The molecule has 0 nitrogen and oxygen atoms in total. The second-order valence-corrected chi connectivity index (χ2v) is 3.68. The summed E-state index contributed by atoms with van der Waals surface area (Å²) >= 11 is 0. The highest BCUT2D eigenvalue weighted by atomic mass is 13.9. The zero-order valence-corrected chi connectivity index (χ0v) is 9.76.